The van der Waals surface area contributed by atoms with Crippen molar-refractivity contribution in [2.24, 2.45) is 5.92 Å². The summed E-state index contributed by atoms with van der Waals surface area (Å²) in [5.74, 6) is -1.43. The van der Waals surface area contributed by atoms with Crippen molar-refractivity contribution in [1.29, 1.82) is 0 Å². The normalized spacial score (nSPS) is 14.2. The predicted molar refractivity (Wildman–Crippen MR) is 335 cm³/mol. The van der Waals surface area contributed by atoms with Crippen molar-refractivity contribution in [2.45, 2.75) is 348 Å². The molecule has 0 aromatic rings. The van der Waals surface area contributed by atoms with Crippen molar-refractivity contribution >= 4 is 39.5 Å². The quantitative estimate of drug-likeness (QED) is 0.0222. The second kappa shape index (κ2) is 58.7. The molecule has 0 rings (SSSR count). The molecule has 0 spiro atoms. The van der Waals surface area contributed by atoms with Gasteiger partial charge in [-0.2, -0.15) is 0 Å². The third-order valence-electron chi connectivity index (χ3n) is 15.0. The molecule has 0 saturated heterocycles. The van der Waals surface area contributed by atoms with E-state index in [1.807, 2.05) is 0 Å². The van der Waals surface area contributed by atoms with Gasteiger partial charge in [-0.15, -0.1) is 0 Å². The Balaban J connectivity index is 5.18. The highest BCUT2D eigenvalue weighted by atomic mass is 31.2. The Morgan fingerprint density at radius 2 is 0.548 bits per heavy atom. The van der Waals surface area contributed by atoms with Gasteiger partial charge in [-0.05, 0) is 31.6 Å². The van der Waals surface area contributed by atoms with Crippen LogP contribution in [0.5, 0.6) is 0 Å². The van der Waals surface area contributed by atoms with E-state index in [4.69, 9.17) is 37.0 Å². The molecule has 19 heteroatoms. The second-order valence-corrected chi connectivity index (χ2v) is 26.9. The molecule has 498 valence electrons. The molecule has 0 amide bonds. The number of carbonyl (C=O) groups excluding carboxylic acids is 4. The minimum atomic E-state index is -4.94. The summed E-state index contributed by atoms with van der Waals surface area (Å²) in [4.78, 5) is 72.1. The second-order valence-electron chi connectivity index (χ2n) is 24.0. The van der Waals surface area contributed by atoms with E-state index in [0.717, 1.165) is 103 Å². The smallest absolute Gasteiger partial charge is 0.462 e. The van der Waals surface area contributed by atoms with Crippen molar-refractivity contribution in [3.8, 4) is 0 Å². The standard InChI is InChI=1S/C65H126O17P2/c1-6-9-12-15-18-21-22-23-24-25-26-27-28-30-35-41-46-51-65(70)82-61(55-76-63(68)49-44-39-36-31-32-37-42-47-58(4)5)57-80-84(73,74)78-53-59(66)52-77-83(71,72)79-56-60(54-75-62(67)48-43-38-33-20-17-14-11-8-3)81-64(69)50-45-40-34-29-19-16-13-10-7-2/h58-61,66H,6-57H2,1-5H3,(H,71,72)(H,73,74)/t59-,60+,61+/m0/s1. The molecule has 0 fully saturated rings. The number of hydrogen-bond acceptors (Lipinski definition) is 15. The minimum absolute atomic E-state index is 0.106. The van der Waals surface area contributed by atoms with Gasteiger partial charge in [0.25, 0.3) is 0 Å². The van der Waals surface area contributed by atoms with Gasteiger partial charge in [-0.1, -0.05) is 279 Å². The van der Waals surface area contributed by atoms with Gasteiger partial charge >= 0.3 is 39.5 Å². The van der Waals surface area contributed by atoms with Gasteiger partial charge < -0.3 is 33.8 Å². The van der Waals surface area contributed by atoms with Crippen LogP contribution in [-0.4, -0.2) is 96.7 Å². The van der Waals surface area contributed by atoms with E-state index in [0.29, 0.717) is 31.6 Å². The lowest BCUT2D eigenvalue weighted by atomic mass is 10.0. The van der Waals surface area contributed by atoms with Gasteiger partial charge in [-0.25, -0.2) is 9.13 Å². The summed E-state index contributed by atoms with van der Waals surface area (Å²) in [7, 11) is -9.88. The van der Waals surface area contributed by atoms with Crippen LogP contribution in [0.4, 0.5) is 0 Å². The lowest BCUT2D eigenvalue weighted by Crippen LogP contribution is -2.30. The van der Waals surface area contributed by atoms with Crippen LogP contribution < -0.4 is 0 Å². The molecule has 0 aliphatic rings. The molecule has 0 aliphatic carbocycles. The average Bonchev–Trinajstić information content (AvgIpc) is 3.59. The Morgan fingerprint density at radius 3 is 0.810 bits per heavy atom. The van der Waals surface area contributed by atoms with Crippen LogP contribution in [0.15, 0.2) is 0 Å². The van der Waals surface area contributed by atoms with Gasteiger partial charge in [0, 0.05) is 25.7 Å². The molecule has 2 unspecified atom stereocenters. The summed E-state index contributed by atoms with van der Waals surface area (Å²) in [6, 6.07) is 0. The highest BCUT2D eigenvalue weighted by Crippen LogP contribution is 2.45. The lowest BCUT2D eigenvalue weighted by Gasteiger charge is -2.21. The maximum atomic E-state index is 13.0. The fourth-order valence-electron chi connectivity index (χ4n) is 9.76. The maximum absolute atomic E-state index is 13.0. The highest BCUT2D eigenvalue weighted by molar-refractivity contribution is 7.47. The first kappa shape index (κ1) is 82.1. The molecular formula is C65H126O17P2. The van der Waals surface area contributed by atoms with Gasteiger partial charge in [0.2, 0.25) is 0 Å². The SMILES string of the molecule is CCCCCCCCCCCCCCCCCCCC(=O)O[C@H](COC(=O)CCCCCCCCCC(C)C)COP(=O)(O)OC[C@@H](O)COP(=O)(O)OC[C@@H](COC(=O)CCCCCCCCCC)OC(=O)CCCCCCCCCCC. The van der Waals surface area contributed by atoms with Gasteiger partial charge in [0.15, 0.2) is 12.2 Å². The van der Waals surface area contributed by atoms with Gasteiger partial charge in [-0.3, -0.25) is 37.3 Å². The fraction of sp³-hybridized carbons (Fsp3) is 0.938. The zero-order valence-electron chi connectivity index (χ0n) is 54.0. The Morgan fingerprint density at radius 1 is 0.321 bits per heavy atom. The van der Waals surface area contributed by atoms with Crippen molar-refractivity contribution in [3.05, 3.63) is 0 Å². The molecule has 0 aliphatic heterocycles. The summed E-state index contributed by atoms with van der Waals surface area (Å²) in [5, 5.41) is 10.5. The first-order valence-electron chi connectivity index (χ1n) is 34.1. The molecule has 17 nitrogen and oxygen atoms in total. The van der Waals surface area contributed by atoms with Crippen molar-refractivity contribution < 1.29 is 80.2 Å². The van der Waals surface area contributed by atoms with Crippen LogP contribution in [0.2, 0.25) is 0 Å². The van der Waals surface area contributed by atoms with Crippen LogP contribution >= 0.6 is 15.6 Å². The first-order chi connectivity index (χ1) is 40.5. The van der Waals surface area contributed by atoms with E-state index in [1.54, 1.807) is 0 Å². The zero-order valence-corrected chi connectivity index (χ0v) is 55.8. The van der Waals surface area contributed by atoms with Crippen molar-refractivity contribution in [3.63, 3.8) is 0 Å². The van der Waals surface area contributed by atoms with Crippen molar-refractivity contribution in [1.82, 2.24) is 0 Å². The summed E-state index contributed by atoms with van der Waals surface area (Å²) < 4.78 is 67.9. The number of aliphatic hydroxyl groups is 1. The number of aliphatic hydroxyl groups excluding tert-OH is 1. The summed E-state index contributed by atoms with van der Waals surface area (Å²) in [5.41, 5.74) is 0. The number of hydrogen-bond donors (Lipinski definition) is 3. The van der Waals surface area contributed by atoms with E-state index < -0.39 is 97.5 Å². The number of carbonyl (C=O) groups is 4. The molecule has 0 aromatic carbocycles. The average molecular weight is 1240 g/mol. The number of rotatable bonds is 65. The summed E-state index contributed by atoms with van der Waals surface area (Å²) in [6.07, 6.45) is 43.2. The largest absolute Gasteiger partial charge is 0.472 e. The minimum Gasteiger partial charge on any atom is -0.462 e. The van der Waals surface area contributed by atoms with E-state index >= 15 is 0 Å². The molecule has 3 N–H and O–H groups in total. The Hall–Kier alpha value is -1.94. The molecule has 5 atom stereocenters. The molecular weight excluding hydrogens is 1110 g/mol. The zero-order chi connectivity index (χ0) is 62.0. The number of phosphoric ester groups is 2. The maximum Gasteiger partial charge on any atom is 0.472 e. The molecule has 0 heterocycles. The van der Waals surface area contributed by atoms with Crippen molar-refractivity contribution in [2.75, 3.05) is 39.6 Å². The van der Waals surface area contributed by atoms with E-state index in [2.05, 4.69) is 34.6 Å². The van der Waals surface area contributed by atoms with Crippen LogP contribution in [0, 0.1) is 5.92 Å². The lowest BCUT2D eigenvalue weighted by molar-refractivity contribution is -0.161. The predicted octanol–water partition coefficient (Wildman–Crippen LogP) is 18.2. The summed E-state index contributed by atoms with van der Waals surface area (Å²) >= 11 is 0. The molecule has 0 aromatic heterocycles. The fourth-order valence-corrected chi connectivity index (χ4v) is 11.3. The number of esters is 4. The van der Waals surface area contributed by atoms with Crippen LogP contribution in [0.3, 0.4) is 0 Å². The Labute approximate surface area is 511 Å². The Bertz CT molecular complexity index is 1640. The van der Waals surface area contributed by atoms with Gasteiger partial charge in [0.05, 0.1) is 26.4 Å². The summed E-state index contributed by atoms with van der Waals surface area (Å²) in [6.45, 7) is 7.11. The molecule has 0 bridgehead atoms. The molecule has 84 heavy (non-hydrogen) atoms. The monoisotopic (exact) mass is 1240 g/mol. The van der Waals surface area contributed by atoms with E-state index in [9.17, 15) is 43.2 Å². The topological polar surface area (TPSA) is 237 Å². The van der Waals surface area contributed by atoms with Crippen LogP contribution in [-0.2, 0) is 65.4 Å². The first-order valence-corrected chi connectivity index (χ1v) is 37.1. The number of phosphoric acid groups is 2. The van der Waals surface area contributed by atoms with E-state index in [1.165, 1.54) is 141 Å². The molecule has 0 radical (unpaired) electrons. The van der Waals surface area contributed by atoms with E-state index in [-0.39, 0.29) is 25.7 Å². The van der Waals surface area contributed by atoms with Gasteiger partial charge in [0.1, 0.15) is 19.3 Å². The highest BCUT2D eigenvalue weighted by Gasteiger charge is 2.30. The third kappa shape index (κ3) is 59.0. The number of ether oxygens (including phenoxy) is 4. The van der Waals surface area contributed by atoms with Crippen LogP contribution in [0.1, 0.15) is 330 Å². The molecule has 0 saturated carbocycles. The number of unbranched alkanes of at least 4 members (excludes halogenated alkanes) is 37. The van der Waals surface area contributed by atoms with Crippen LogP contribution in [0.25, 0.3) is 0 Å². The third-order valence-corrected chi connectivity index (χ3v) is 16.9. The Kier molecular flexibility index (Phi) is 57.4.